The summed E-state index contributed by atoms with van der Waals surface area (Å²) in [5, 5.41) is 19.5. The summed E-state index contributed by atoms with van der Waals surface area (Å²) in [7, 11) is -1.09. The van der Waals surface area contributed by atoms with Gasteiger partial charge in [0.2, 0.25) is 0 Å². The largest absolute Gasteiger partial charge is 2.00 e. The first-order chi connectivity index (χ1) is 31.3. The predicted octanol–water partition coefficient (Wildman–Crippen LogP) is 11.0. The van der Waals surface area contributed by atoms with Gasteiger partial charge in [-0.1, -0.05) is 115 Å². The quantitative estimate of drug-likeness (QED) is 0.105. The molecule has 16 heteroatoms. The molecule has 9 rings (SSSR count). The Morgan fingerprint density at radius 2 is 0.712 bits per heavy atom. The van der Waals surface area contributed by atoms with Gasteiger partial charge >= 0.3 is 32.1 Å². The SMILES string of the molecule is C[PH+](c1ccccc1)c1ccccc1.C[PH+](c1ccccc1)c1ccccc1.FC(F)(F)c1cc(-c2cccc(N(c3ccccc3)c3cccc(-c4cc(C(F)(F)F)n[n-]4)n3)n2)[n-]n1.[Os+2]. The van der Waals surface area contributed by atoms with Crippen molar-refractivity contribution in [2.24, 2.45) is 0 Å². The number of alkyl halides is 6. The smallest absolute Gasteiger partial charge is 0.573 e. The molecule has 5 aromatic carbocycles. The Hall–Kier alpha value is -6.30. The number of anilines is 3. The minimum absolute atomic E-state index is 0. The van der Waals surface area contributed by atoms with Gasteiger partial charge in [-0.3, -0.25) is 4.90 Å². The molecule has 7 nitrogen and oxygen atoms in total. The normalized spacial score (nSPS) is 11.2. The van der Waals surface area contributed by atoms with E-state index in [0.717, 1.165) is 12.1 Å². The Morgan fingerprint density at radius 1 is 0.409 bits per heavy atom. The molecule has 0 N–H and O–H groups in total. The van der Waals surface area contributed by atoms with Gasteiger partial charge in [0.05, 0.1) is 61.8 Å². The van der Waals surface area contributed by atoms with Crippen molar-refractivity contribution in [3.05, 3.63) is 212 Å². The van der Waals surface area contributed by atoms with Crippen LogP contribution in [0.4, 0.5) is 43.7 Å². The van der Waals surface area contributed by atoms with Gasteiger partial charge in [-0.25, -0.2) is 9.97 Å². The standard InChI is InChI=1S/C24H13F6N7.2C13H13P.Os/c25-23(26,27)19-12-17(33-35-19)15-8-4-10-21(31-15)37(14-6-2-1-3-7-14)22-11-5-9-16(32-22)18-13-20(36-34-18)24(28,29)30;2*1-14(12-8-4-2-5-9-12)13-10-6-3-7-11-13;/h1-13H;2*2-11H,1H3;/q-2;;;+2/p+2. The van der Waals surface area contributed by atoms with Crippen LogP contribution in [0, 0.1) is 0 Å². The second-order valence-corrected chi connectivity index (χ2v) is 19.2. The van der Waals surface area contributed by atoms with Crippen LogP contribution in [-0.4, -0.2) is 33.5 Å². The molecule has 4 heterocycles. The van der Waals surface area contributed by atoms with E-state index >= 15 is 0 Å². The fourth-order valence-electron chi connectivity index (χ4n) is 6.54. The summed E-state index contributed by atoms with van der Waals surface area (Å²) in [4.78, 5) is 10.5. The van der Waals surface area contributed by atoms with Crippen LogP contribution in [0.25, 0.3) is 22.8 Å². The van der Waals surface area contributed by atoms with E-state index in [9.17, 15) is 26.3 Å². The second kappa shape index (κ2) is 22.7. The zero-order valence-electron chi connectivity index (χ0n) is 35.3. The fraction of sp³-hybridized carbons (Fsp3) is 0.0800. The Kier molecular flexibility index (Phi) is 16.9. The third kappa shape index (κ3) is 12.9. The van der Waals surface area contributed by atoms with Crippen molar-refractivity contribution in [2.75, 3.05) is 18.2 Å². The number of para-hydroxylation sites is 1. The van der Waals surface area contributed by atoms with Crippen molar-refractivity contribution < 1.29 is 46.1 Å². The topological polar surface area (TPSA) is 83.0 Å². The number of hydrogen-bond acceptors (Lipinski definition) is 5. The molecular formula is C50H41F6N7OsP2+2. The first-order valence-corrected chi connectivity index (χ1v) is 24.2. The van der Waals surface area contributed by atoms with Crippen LogP contribution < -0.4 is 36.3 Å². The molecule has 0 radical (unpaired) electrons. The second-order valence-electron chi connectivity index (χ2n) is 14.4. The summed E-state index contributed by atoms with van der Waals surface area (Å²) in [6.45, 7) is 4.69. The molecule has 0 unspecified atom stereocenters. The minimum Gasteiger partial charge on any atom is -0.573 e. The predicted molar refractivity (Wildman–Crippen MR) is 253 cm³/mol. The monoisotopic (exact) mass is 1110 g/mol. The van der Waals surface area contributed by atoms with Crippen LogP contribution in [0.3, 0.4) is 0 Å². The molecule has 0 aliphatic heterocycles. The van der Waals surface area contributed by atoms with Gasteiger partial charge in [-0.2, -0.15) is 26.3 Å². The molecule has 66 heavy (non-hydrogen) atoms. The van der Waals surface area contributed by atoms with E-state index in [1.165, 1.54) is 33.4 Å². The summed E-state index contributed by atoms with van der Waals surface area (Å²) in [6, 6.07) is 62.7. The molecule has 9 aromatic rings. The van der Waals surface area contributed by atoms with Crippen LogP contribution in [0.1, 0.15) is 11.4 Å². The zero-order chi connectivity index (χ0) is 45.8. The summed E-state index contributed by atoms with van der Waals surface area (Å²) in [6.07, 6.45) is -9.31. The zero-order valence-corrected chi connectivity index (χ0v) is 39.8. The Bertz CT molecular complexity index is 2600. The maximum absolute atomic E-state index is 13.0. The molecule has 0 saturated heterocycles. The van der Waals surface area contributed by atoms with Crippen molar-refractivity contribution >= 4 is 54.4 Å². The van der Waals surface area contributed by atoms with E-state index in [1.54, 1.807) is 59.5 Å². The third-order valence-electron chi connectivity index (χ3n) is 9.95. The van der Waals surface area contributed by atoms with Gasteiger partial charge in [0, 0.05) is 5.69 Å². The van der Waals surface area contributed by atoms with Gasteiger partial charge in [0.15, 0.2) is 0 Å². The first kappa shape index (κ1) is 49.1. The molecular weight excluding hydrogens is 1060 g/mol. The minimum atomic E-state index is -4.65. The third-order valence-corrected chi connectivity index (χ3v) is 14.7. The first-order valence-electron chi connectivity index (χ1n) is 20.2. The van der Waals surface area contributed by atoms with Gasteiger partial charge in [0.1, 0.15) is 23.0 Å². The van der Waals surface area contributed by atoms with E-state index in [4.69, 9.17) is 0 Å². The van der Waals surface area contributed by atoms with Crippen molar-refractivity contribution in [1.82, 2.24) is 30.4 Å². The maximum atomic E-state index is 13.0. The van der Waals surface area contributed by atoms with Crippen molar-refractivity contribution in [3.8, 4) is 22.8 Å². The molecule has 0 aliphatic rings. The van der Waals surface area contributed by atoms with Crippen LogP contribution in [0.15, 0.2) is 200 Å². The summed E-state index contributed by atoms with van der Waals surface area (Å²) < 4.78 is 78.0. The molecule has 0 atom stereocenters. The average Bonchev–Trinajstić information content (AvgIpc) is 4.07. The Balaban J connectivity index is 0.000000202. The number of halogens is 6. The molecule has 4 aromatic heterocycles. The van der Waals surface area contributed by atoms with E-state index in [-0.39, 0.29) is 54.2 Å². The van der Waals surface area contributed by atoms with E-state index in [1.807, 2.05) is 0 Å². The molecule has 334 valence electrons. The molecule has 0 fully saturated rings. The number of benzene rings is 5. The van der Waals surface area contributed by atoms with E-state index < -0.39 is 39.6 Å². The van der Waals surface area contributed by atoms with E-state index in [2.05, 4.69) is 165 Å². The van der Waals surface area contributed by atoms with Crippen LogP contribution in [0.2, 0.25) is 0 Å². The fourth-order valence-corrected chi connectivity index (χ4v) is 9.98. The number of rotatable bonds is 9. The number of nitrogens with zero attached hydrogens (tertiary/aromatic N) is 7. The van der Waals surface area contributed by atoms with Gasteiger partial charge < -0.3 is 20.4 Å². The average molecular weight is 1110 g/mol. The van der Waals surface area contributed by atoms with Gasteiger partial charge in [-0.05, 0) is 97.1 Å². The molecule has 0 spiro atoms. The Morgan fingerprint density at radius 3 is 1.00 bits per heavy atom. The van der Waals surface area contributed by atoms with Gasteiger partial charge in [-0.15, -0.1) is 0 Å². The van der Waals surface area contributed by atoms with Crippen molar-refractivity contribution in [2.45, 2.75) is 12.4 Å². The van der Waals surface area contributed by atoms with Crippen LogP contribution in [-0.2, 0) is 32.1 Å². The van der Waals surface area contributed by atoms with E-state index in [0.29, 0.717) is 5.69 Å². The van der Waals surface area contributed by atoms with Crippen molar-refractivity contribution in [1.29, 1.82) is 0 Å². The van der Waals surface area contributed by atoms with Crippen LogP contribution >= 0.6 is 15.8 Å². The van der Waals surface area contributed by atoms with Gasteiger partial charge in [0.25, 0.3) is 0 Å². The molecule has 0 amide bonds. The summed E-state index contributed by atoms with van der Waals surface area (Å²) >= 11 is 0. The molecule has 0 bridgehead atoms. The number of hydrogen-bond donors (Lipinski definition) is 0. The number of aromatic nitrogens is 6. The summed E-state index contributed by atoms with van der Waals surface area (Å²) in [5.41, 5.74) is -1.57. The maximum Gasteiger partial charge on any atom is 2.00 e. The van der Waals surface area contributed by atoms with Crippen LogP contribution in [0.5, 0.6) is 0 Å². The molecule has 0 saturated carbocycles. The number of pyridine rings is 2. The molecule has 0 aliphatic carbocycles. The van der Waals surface area contributed by atoms with Crippen molar-refractivity contribution in [3.63, 3.8) is 0 Å². The Labute approximate surface area is 394 Å². The summed E-state index contributed by atoms with van der Waals surface area (Å²) in [5.74, 6) is 0.545.